The molecule has 0 radical (unpaired) electrons. The van der Waals surface area contributed by atoms with E-state index in [2.05, 4.69) is 5.32 Å². The lowest BCUT2D eigenvalue weighted by atomic mass is 10.1. The summed E-state index contributed by atoms with van der Waals surface area (Å²) in [6.45, 7) is 5.30. The molecule has 0 saturated carbocycles. The molecule has 0 fully saturated rings. The zero-order valence-corrected chi connectivity index (χ0v) is 11.1. The number of nitro benzene ring substituents is 1. The molecule has 0 spiro atoms. The molecule has 0 atom stereocenters. The molecular formula is C12H17N3O4. The van der Waals surface area contributed by atoms with Crippen LogP contribution in [0.4, 0.5) is 16.2 Å². The molecule has 1 aromatic rings. The lowest BCUT2D eigenvalue weighted by molar-refractivity contribution is -0.384. The molecule has 1 rings (SSSR count). The summed E-state index contributed by atoms with van der Waals surface area (Å²) in [6.07, 6.45) is -0.629. The quantitative estimate of drug-likeness (QED) is 0.645. The van der Waals surface area contributed by atoms with Crippen LogP contribution in [0.25, 0.3) is 0 Å². The zero-order chi connectivity index (χ0) is 14.6. The fourth-order valence-corrected chi connectivity index (χ4v) is 1.40. The topological polar surface area (TPSA) is 107 Å². The number of nitrogens with two attached hydrogens (primary N) is 1. The van der Waals surface area contributed by atoms with Gasteiger partial charge in [0.05, 0.1) is 4.92 Å². The van der Waals surface area contributed by atoms with Crippen LogP contribution in [0.2, 0.25) is 0 Å². The van der Waals surface area contributed by atoms with Crippen molar-refractivity contribution < 1.29 is 14.5 Å². The summed E-state index contributed by atoms with van der Waals surface area (Å²) in [5.41, 5.74) is 5.69. The third-order valence-corrected chi connectivity index (χ3v) is 2.16. The molecule has 0 saturated heterocycles. The Morgan fingerprint density at radius 2 is 2.11 bits per heavy atom. The van der Waals surface area contributed by atoms with Crippen LogP contribution in [0.1, 0.15) is 26.3 Å². The van der Waals surface area contributed by atoms with E-state index in [1.165, 1.54) is 18.2 Å². The highest BCUT2D eigenvalue weighted by Gasteiger charge is 2.18. The maximum absolute atomic E-state index is 11.6. The maximum atomic E-state index is 11.6. The first-order chi connectivity index (χ1) is 8.73. The SMILES string of the molecule is CC(C)(C)OC(=O)Nc1ccc([N+](=O)[O-])cc1CN. The van der Waals surface area contributed by atoms with E-state index in [0.717, 1.165) is 0 Å². The number of amides is 1. The lowest BCUT2D eigenvalue weighted by Gasteiger charge is -2.20. The monoisotopic (exact) mass is 267 g/mol. The van der Waals surface area contributed by atoms with Crippen molar-refractivity contribution in [3.8, 4) is 0 Å². The van der Waals surface area contributed by atoms with E-state index in [0.29, 0.717) is 11.3 Å². The number of carbonyl (C=O) groups is 1. The smallest absolute Gasteiger partial charge is 0.412 e. The molecule has 7 heteroatoms. The predicted molar refractivity (Wildman–Crippen MR) is 70.8 cm³/mol. The fraction of sp³-hybridized carbons (Fsp3) is 0.417. The van der Waals surface area contributed by atoms with Gasteiger partial charge in [-0.3, -0.25) is 15.4 Å². The molecule has 0 aliphatic rings. The van der Waals surface area contributed by atoms with E-state index in [-0.39, 0.29) is 12.2 Å². The number of non-ortho nitro benzene ring substituents is 1. The van der Waals surface area contributed by atoms with Crippen LogP contribution in [0.15, 0.2) is 18.2 Å². The molecule has 0 bridgehead atoms. The normalized spacial score (nSPS) is 10.9. The molecule has 1 aromatic carbocycles. The van der Waals surface area contributed by atoms with Gasteiger partial charge >= 0.3 is 6.09 Å². The van der Waals surface area contributed by atoms with E-state index < -0.39 is 16.6 Å². The maximum Gasteiger partial charge on any atom is 0.412 e. The first kappa shape index (κ1) is 14.9. The van der Waals surface area contributed by atoms with Crippen molar-refractivity contribution in [3.63, 3.8) is 0 Å². The molecule has 0 aliphatic carbocycles. The van der Waals surface area contributed by atoms with Crippen LogP contribution in [0.3, 0.4) is 0 Å². The second-order valence-electron chi connectivity index (χ2n) is 4.93. The summed E-state index contributed by atoms with van der Waals surface area (Å²) in [4.78, 5) is 21.7. The molecule has 1 amide bonds. The Morgan fingerprint density at radius 3 is 2.58 bits per heavy atom. The summed E-state index contributed by atoms with van der Waals surface area (Å²) < 4.78 is 5.09. The average molecular weight is 267 g/mol. The van der Waals surface area contributed by atoms with Crippen molar-refractivity contribution in [3.05, 3.63) is 33.9 Å². The van der Waals surface area contributed by atoms with Gasteiger partial charge in [-0.05, 0) is 32.4 Å². The largest absolute Gasteiger partial charge is 0.444 e. The number of anilines is 1. The van der Waals surface area contributed by atoms with Crippen LogP contribution in [0.5, 0.6) is 0 Å². The highest BCUT2D eigenvalue weighted by atomic mass is 16.6. The second kappa shape index (κ2) is 5.66. The van der Waals surface area contributed by atoms with Crippen molar-refractivity contribution in [1.82, 2.24) is 0 Å². The molecule has 0 aromatic heterocycles. The van der Waals surface area contributed by atoms with Gasteiger partial charge in [-0.15, -0.1) is 0 Å². The van der Waals surface area contributed by atoms with Crippen LogP contribution < -0.4 is 11.1 Å². The van der Waals surface area contributed by atoms with Crippen LogP contribution >= 0.6 is 0 Å². The van der Waals surface area contributed by atoms with Gasteiger partial charge in [-0.2, -0.15) is 0 Å². The van der Waals surface area contributed by atoms with E-state index >= 15 is 0 Å². The minimum absolute atomic E-state index is 0.0739. The number of nitro groups is 1. The molecule has 0 aliphatic heterocycles. The summed E-state index contributed by atoms with van der Waals surface area (Å²) in [7, 11) is 0. The Bertz CT molecular complexity index is 494. The van der Waals surface area contributed by atoms with Gasteiger partial charge in [0.25, 0.3) is 5.69 Å². The number of ether oxygens (including phenoxy) is 1. The number of nitrogens with one attached hydrogen (secondary N) is 1. The van der Waals surface area contributed by atoms with Gasteiger partial charge in [0.15, 0.2) is 0 Å². The van der Waals surface area contributed by atoms with E-state index in [1.807, 2.05) is 0 Å². The van der Waals surface area contributed by atoms with Crippen LogP contribution in [0, 0.1) is 10.1 Å². The van der Waals surface area contributed by atoms with Crippen LogP contribution in [-0.2, 0) is 11.3 Å². The van der Waals surface area contributed by atoms with Gasteiger partial charge in [0.1, 0.15) is 5.60 Å². The number of carbonyl (C=O) groups excluding carboxylic acids is 1. The number of hydrogen-bond donors (Lipinski definition) is 2. The summed E-state index contributed by atoms with van der Waals surface area (Å²) in [5, 5.41) is 13.2. The van der Waals surface area contributed by atoms with Crippen molar-refractivity contribution >= 4 is 17.5 Å². The fourth-order valence-electron chi connectivity index (χ4n) is 1.40. The molecule has 7 nitrogen and oxygen atoms in total. The molecular weight excluding hydrogens is 250 g/mol. The third-order valence-electron chi connectivity index (χ3n) is 2.16. The Kier molecular flexibility index (Phi) is 4.44. The summed E-state index contributed by atoms with van der Waals surface area (Å²) in [5.74, 6) is 0. The van der Waals surface area contributed by atoms with Crippen molar-refractivity contribution in [1.29, 1.82) is 0 Å². The Balaban J connectivity index is 2.89. The minimum Gasteiger partial charge on any atom is -0.444 e. The molecule has 3 N–H and O–H groups in total. The number of rotatable bonds is 3. The van der Waals surface area contributed by atoms with Gasteiger partial charge in [-0.1, -0.05) is 0 Å². The standard InChI is InChI=1S/C12H17N3O4/c1-12(2,3)19-11(16)14-10-5-4-9(15(17)18)6-8(10)7-13/h4-6H,7,13H2,1-3H3,(H,14,16). The molecule has 0 unspecified atom stereocenters. The van der Waals surface area contributed by atoms with Crippen molar-refractivity contribution in [2.24, 2.45) is 5.73 Å². The Labute approximate surface area is 110 Å². The summed E-state index contributed by atoms with van der Waals surface area (Å²) >= 11 is 0. The highest BCUT2D eigenvalue weighted by molar-refractivity contribution is 5.86. The molecule has 104 valence electrons. The van der Waals surface area contributed by atoms with Gasteiger partial charge in [-0.25, -0.2) is 4.79 Å². The summed E-state index contributed by atoms with van der Waals surface area (Å²) in [6, 6.07) is 4.06. The first-order valence-electron chi connectivity index (χ1n) is 5.70. The van der Waals surface area contributed by atoms with Gasteiger partial charge in [0.2, 0.25) is 0 Å². The average Bonchev–Trinajstić information content (AvgIpc) is 2.26. The van der Waals surface area contributed by atoms with Crippen molar-refractivity contribution in [2.75, 3.05) is 5.32 Å². The minimum atomic E-state index is -0.629. The van der Waals surface area contributed by atoms with Gasteiger partial charge < -0.3 is 10.5 Å². The number of hydrogen-bond acceptors (Lipinski definition) is 5. The molecule has 0 heterocycles. The molecule has 19 heavy (non-hydrogen) atoms. The predicted octanol–water partition coefficient (Wildman–Crippen LogP) is 2.40. The van der Waals surface area contributed by atoms with E-state index in [4.69, 9.17) is 10.5 Å². The zero-order valence-electron chi connectivity index (χ0n) is 11.1. The lowest BCUT2D eigenvalue weighted by Crippen LogP contribution is -2.27. The number of benzene rings is 1. The first-order valence-corrected chi connectivity index (χ1v) is 5.70. The van der Waals surface area contributed by atoms with Crippen LogP contribution in [-0.4, -0.2) is 16.6 Å². The van der Waals surface area contributed by atoms with E-state index in [1.54, 1.807) is 20.8 Å². The van der Waals surface area contributed by atoms with Crippen molar-refractivity contribution in [2.45, 2.75) is 32.9 Å². The second-order valence-corrected chi connectivity index (χ2v) is 4.93. The third kappa shape index (κ3) is 4.55. The highest BCUT2D eigenvalue weighted by Crippen LogP contribution is 2.22. The Hall–Kier alpha value is -2.15. The van der Waals surface area contributed by atoms with E-state index in [9.17, 15) is 14.9 Å². The number of nitrogens with zero attached hydrogens (tertiary/aromatic N) is 1. The Morgan fingerprint density at radius 1 is 1.47 bits per heavy atom. The van der Waals surface area contributed by atoms with Gasteiger partial charge in [0, 0.05) is 24.4 Å².